The van der Waals surface area contributed by atoms with Crippen LogP contribution in [0.2, 0.25) is 0 Å². The Morgan fingerprint density at radius 1 is 1.14 bits per heavy atom. The van der Waals surface area contributed by atoms with Gasteiger partial charge >= 0.3 is 0 Å². The molecule has 3 aromatic rings. The Morgan fingerprint density at radius 2 is 1.86 bits per heavy atom. The summed E-state index contributed by atoms with van der Waals surface area (Å²) in [5.41, 5.74) is 0.949. The molecule has 0 aliphatic rings. The molecular weight excluding hydrogens is 372 g/mol. The molecule has 1 aromatic heterocycles. The molecule has 0 spiro atoms. The van der Waals surface area contributed by atoms with Crippen LogP contribution in [0.15, 0.2) is 62.3 Å². The lowest BCUT2D eigenvalue weighted by Crippen LogP contribution is -2.13. The van der Waals surface area contributed by atoms with Gasteiger partial charge in [-0.15, -0.1) is 4.40 Å². The van der Waals surface area contributed by atoms with E-state index in [4.69, 9.17) is 0 Å². The number of fused-ring (bicyclic) bond motifs is 1. The van der Waals surface area contributed by atoms with Gasteiger partial charge in [-0.3, -0.25) is 0 Å². The van der Waals surface area contributed by atoms with E-state index in [9.17, 15) is 8.42 Å². The Morgan fingerprint density at radius 3 is 2.57 bits per heavy atom. The van der Waals surface area contributed by atoms with Gasteiger partial charge in [-0.05, 0) is 30.3 Å². The quantitative estimate of drug-likeness (QED) is 0.682. The number of hydrogen-bond acceptors (Lipinski definition) is 3. The lowest BCUT2D eigenvalue weighted by Gasteiger charge is -1.98. The first-order chi connectivity index (χ1) is 9.97. The first-order valence-corrected chi connectivity index (χ1v) is 9.13. The molecule has 1 heterocycles. The monoisotopic (exact) mass is 382 g/mol. The summed E-state index contributed by atoms with van der Waals surface area (Å²) in [7, 11) is -1.88. The van der Waals surface area contributed by atoms with Crippen molar-refractivity contribution >= 4 is 47.5 Å². The molecule has 0 unspecified atom stereocenters. The minimum atomic E-state index is -3.69. The van der Waals surface area contributed by atoms with E-state index in [1.165, 1.54) is 11.3 Å². The number of sulfonamides is 1. The van der Waals surface area contributed by atoms with Crippen molar-refractivity contribution < 1.29 is 8.42 Å². The standard InChI is InChI=1S/C14H11BrN2O2S2/c1-17-12-8-7-10(15)9-13(12)20-14(17)16-21(18,19)11-5-3-2-4-6-11/h2-9H,1H3/b16-14-. The van der Waals surface area contributed by atoms with E-state index in [2.05, 4.69) is 20.3 Å². The Balaban J connectivity index is 2.23. The predicted molar refractivity (Wildman–Crippen MR) is 87.7 cm³/mol. The third-order valence-electron chi connectivity index (χ3n) is 3.01. The van der Waals surface area contributed by atoms with Crippen LogP contribution in [0.4, 0.5) is 0 Å². The van der Waals surface area contributed by atoms with Crippen LogP contribution in [-0.4, -0.2) is 13.0 Å². The second kappa shape index (κ2) is 5.40. The van der Waals surface area contributed by atoms with E-state index in [-0.39, 0.29) is 4.90 Å². The highest BCUT2D eigenvalue weighted by Gasteiger charge is 2.13. The lowest BCUT2D eigenvalue weighted by molar-refractivity contribution is 0.596. The van der Waals surface area contributed by atoms with Crippen LogP contribution in [0.5, 0.6) is 0 Å². The number of halogens is 1. The van der Waals surface area contributed by atoms with Crippen molar-refractivity contribution in [1.82, 2.24) is 4.57 Å². The third-order valence-corrected chi connectivity index (χ3v) is 6.00. The maximum Gasteiger partial charge on any atom is 0.285 e. The van der Waals surface area contributed by atoms with Crippen molar-refractivity contribution in [3.8, 4) is 0 Å². The average Bonchev–Trinajstić information content (AvgIpc) is 2.75. The maximum atomic E-state index is 12.3. The largest absolute Gasteiger partial charge is 0.319 e. The summed E-state index contributed by atoms with van der Waals surface area (Å²) in [6, 6.07) is 14.0. The van der Waals surface area contributed by atoms with Crippen LogP contribution >= 0.6 is 27.3 Å². The minimum absolute atomic E-state index is 0.198. The third kappa shape index (κ3) is 2.81. The molecule has 0 fully saturated rings. The highest BCUT2D eigenvalue weighted by atomic mass is 79.9. The van der Waals surface area contributed by atoms with Crippen molar-refractivity contribution in [2.45, 2.75) is 4.90 Å². The Labute approximate surface area is 134 Å². The zero-order valence-corrected chi connectivity index (χ0v) is 14.2. The van der Waals surface area contributed by atoms with Crippen LogP contribution in [0.1, 0.15) is 0 Å². The van der Waals surface area contributed by atoms with E-state index in [0.29, 0.717) is 4.80 Å². The molecular formula is C14H11BrN2O2S2. The molecule has 0 amide bonds. The van der Waals surface area contributed by atoms with Crippen LogP contribution in [0.3, 0.4) is 0 Å². The molecule has 0 atom stereocenters. The Bertz CT molecular complexity index is 973. The number of aromatic nitrogens is 1. The molecule has 0 saturated heterocycles. The fourth-order valence-corrected chi connectivity index (χ4v) is 4.76. The van der Waals surface area contributed by atoms with Crippen molar-refractivity contribution in [2.75, 3.05) is 0 Å². The molecule has 0 N–H and O–H groups in total. The summed E-state index contributed by atoms with van der Waals surface area (Å²) in [4.78, 5) is 0.649. The van der Waals surface area contributed by atoms with E-state index in [1.807, 2.05) is 25.2 Å². The average molecular weight is 383 g/mol. The fourth-order valence-electron chi connectivity index (χ4n) is 1.94. The molecule has 4 nitrogen and oxygen atoms in total. The Hall–Kier alpha value is -1.44. The number of hydrogen-bond donors (Lipinski definition) is 0. The van der Waals surface area contributed by atoms with Crippen molar-refractivity contribution in [3.63, 3.8) is 0 Å². The molecule has 0 aliphatic heterocycles. The highest BCUT2D eigenvalue weighted by Crippen LogP contribution is 2.22. The van der Waals surface area contributed by atoms with Gasteiger partial charge in [-0.2, -0.15) is 8.42 Å². The minimum Gasteiger partial charge on any atom is -0.319 e. The van der Waals surface area contributed by atoms with Gasteiger partial charge in [0.05, 0.1) is 15.1 Å². The summed E-state index contributed by atoms with van der Waals surface area (Å²) in [5.74, 6) is 0. The molecule has 0 aliphatic carbocycles. The summed E-state index contributed by atoms with van der Waals surface area (Å²) in [5, 5.41) is 0. The van der Waals surface area contributed by atoms with E-state index < -0.39 is 10.0 Å². The summed E-state index contributed by atoms with van der Waals surface area (Å²) < 4.78 is 32.3. The second-order valence-corrected chi connectivity index (χ2v) is 7.96. The molecule has 0 bridgehead atoms. The van der Waals surface area contributed by atoms with E-state index >= 15 is 0 Å². The summed E-state index contributed by atoms with van der Waals surface area (Å²) >= 11 is 4.76. The van der Waals surface area contributed by atoms with Gasteiger partial charge < -0.3 is 4.57 Å². The summed E-state index contributed by atoms with van der Waals surface area (Å²) in [6.45, 7) is 0. The van der Waals surface area contributed by atoms with Gasteiger partial charge in [-0.25, -0.2) is 0 Å². The number of thiazole rings is 1. The first kappa shape index (κ1) is 14.5. The number of benzene rings is 2. The van der Waals surface area contributed by atoms with Gasteiger partial charge in [0, 0.05) is 11.5 Å². The second-order valence-electron chi connectivity index (χ2n) is 4.44. The summed E-state index contributed by atoms with van der Waals surface area (Å²) in [6.07, 6.45) is 0. The number of rotatable bonds is 2. The maximum absolute atomic E-state index is 12.3. The smallest absolute Gasteiger partial charge is 0.285 e. The van der Waals surface area contributed by atoms with Gasteiger partial charge in [0.1, 0.15) is 0 Å². The van der Waals surface area contributed by atoms with Crippen LogP contribution in [0.25, 0.3) is 10.2 Å². The molecule has 21 heavy (non-hydrogen) atoms. The SMILES string of the molecule is Cn1/c(=N/S(=O)(=O)c2ccccc2)sc2cc(Br)ccc21. The van der Waals surface area contributed by atoms with E-state index in [1.54, 1.807) is 34.9 Å². The van der Waals surface area contributed by atoms with Crippen molar-refractivity contribution in [2.24, 2.45) is 11.4 Å². The van der Waals surface area contributed by atoms with Gasteiger partial charge in [0.25, 0.3) is 10.0 Å². The number of aryl methyl sites for hydroxylation is 1. The molecule has 3 rings (SSSR count). The Kier molecular flexibility index (Phi) is 3.73. The lowest BCUT2D eigenvalue weighted by atomic mass is 10.3. The molecule has 108 valence electrons. The predicted octanol–water partition coefficient (Wildman–Crippen LogP) is 3.29. The van der Waals surface area contributed by atoms with Crippen LogP contribution in [-0.2, 0) is 17.1 Å². The van der Waals surface area contributed by atoms with Crippen LogP contribution < -0.4 is 4.80 Å². The highest BCUT2D eigenvalue weighted by molar-refractivity contribution is 9.10. The molecule has 2 aromatic carbocycles. The van der Waals surface area contributed by atoms with Gasteiger partial charge in [0.15, 0.2) is 0 Å². The van der Waals surface area contributed by atoms with E-state index in [0.717, 1.165) is 14.7 Å². The molecule has 0 saturated carbocycles. The number of nitrogens with zero attached hydrogens (tertiary/aromatic N) is 2. The fraction of sp³-hybridized carbons (Fsp3) is 0.0714. The molecule has 0 radical (unpaired) electrons. The van der Waals surface area contributed by atoms with Crippen molar-refractivity contribution in [3.05, 3.63) is 57.8 Å². The first-order valence-electron chi connectivity index (χ1n) is 6.08. The van der Waals surface area contributed by atoms with Gasteiger partial charge in [0.2, 0.25) is 4.80 Å². The zero-order chi connectivity index (χ0) is 15.0. The van der Waals surface area contributed by atoms with Gasteiger partial charge in [-0.1, -0.05) is 45.5 Å². The zero-order valence-electron chi connectivity index (χ0n) is 11.0. The van der Waals surface area contributed by atoms with Crippen LogP contribution in [0, 0.1) is 0 Å². The molecule has 7 heteroatoms. The normalized spacial score (nSPS) is 13.0. The topological polar surface area (TPSA) is 51.4 Å². The van der Waals surface area contributed by atoms with Crippen molar-refractivity contribution in [1.29, 1.82) is 0 Å².